The third kappa shape index (κ3) is 3.58. The molecule has 0 N–H and O–H groups in total. The van der Waals surface area contributed by atoms with Crippen LogP contribution < -0.4 is 0 Å². The maximum absolute atomic E-state index is 12.8. The summed E-state index contributed by atoms with van der Waals surface area (Å²) in [7, 11) is 0. The lowest BCUT2D eigenvalue weighted by Crippen LogP contribution is -2.44. The molecule has 6 heteroatoms. The monoisotopic (exact) mass is 340 g/mol. The standard InChI is InChI=1S/C19H24N4O2/c1-14-18(21-25-20-14)9-19(24)23-12-16-7-8-17(13-23)22(11-16)10-15-5-3-2-4-6-15/h2-6,16-17H,7-13H2,1H3/t16-,17-/m0/s1. The number of aryl methyl sites for hydroxylation is 1. The molecule has 0 unspecified atom stereocenters. The summed E-state index contributed by atoms with van der Waals surface area (Å²) in [6.07, 6.45) is 2.67. The second-order valence-electron chi connectivity index (χ2n) is 7.28. The van der Waals surface area contributed by atoms with Gasteiger partial charge in [-0.15, -0.1) is 0 Å². The fourth-order valence-corrected chi connectivity index (χ4v) is 4.06. The van der Waals surface area contributed by atoms with Crippen LogP contribution in [0.4, 0.5) is 0 Å². The molecule has 1 amide bonds. The van der Waals surface area contributed by atoms with Crippen LogP contribution in [0.25, 0.3) is 0 Å². The molecule has 3 aliphatic rings. The summed E-state index contributed by atoms with van der Waals surface area (Å²) < 4.78 is 4.72. The predicted molar refractivity (Wildman–Crippen MR) is 92.7 cm³/mol. The number of benzene rings is 1. The Hall–Kier alpha value is -2.21. The molecule has 6 nitrogen and oxygen atoms in total. The van der Waals surface area contributed by atoms with E-state index in [2.05, 4.69) is 45.5 Å². The number of hydrogen-bond donors (Lipinski definition) is 0. The number of rotatable bonds is 4. The van der Waals surface area contributed by atoms with E-state index in [1.807, 2.05) is 11.8 Å². The smallest absolute Gasteiger partial charge is 0.228 e. The molecule has 25 heavy (non-hydrogen) atoms. The SMILES string of the molecule is Cc1nonc1CC(=O)N1C[C@H]2CC[C@@H](C1)N(Cc1ccccc1)C2. The lowest BCUT2D eigenvalue weighted by atomic mass is 9.94. The quantitative estimate of drug-likeness (QED) is 0.852. The second-order valence-corrected chi connectivity index (χ2v) is 7.28. The Morgan fingerprint density at radius 1 is 1.16 bits per heavy atom. The molecule has 2 atom stereocenters. The summed E-state index contributed by atoms with van der Waals surface area (Å²) in [5, 5.41) is 7.62. The molecule has 1 aromatic heterocycles. The van der Waals surface area contributed by atoms with Gasteiger partial charge in [0.1, 0.15) is 11.4 Å². The van der Waals surface area contributed by atoms with E-state index in [9.17, 15) is 4.79 Å². The Labute approximate surface area is 147 Å². The Morgan fingerprint density at radius 2 is 2.00 bits per heavy atom. The normalized spacial score (nSPS) is 23.6. The summed E-state index contributed by atoms with van der Waals surface area (Å²) in [5.41, 5.74) is 2.71. The maximum Gasteiger partial charge on any atom is 0.228 e. The summed E-state index contributed by atoms with van der Waals surface area (Å²) in [5.74, 6) is 0.695. The number of fused-ring (bicyclic) bond motifs is 4. The lowest BCUT2D eigenvalue weighted by Gasteiger charge is -2.36. The third-order valence-corrected chi connectivity index (χ3v) is 5.47. The number of amides is 1. The molecule has 132 valence electrons. The summed E-state index contributed by atoms with van der Waals surface area (Å²) in [6.45, 7) is 5.54. The van der Waals surface area contributed by atoms with E-state index in [1.54, 1.807) is 0 Å². The molecule has 3 fully saturated rings. The van der Waals surface area contributed by atoms with E-state index in [-0.39, 0.29) is 12.3 Å². The predicted octanol–water partition coefficient (Wildman–Crippen LogP) is 2.04. The van der Waals surface area contributed by atoms with Gasteiger partial charge in [-0.1, -0.05) is 40.6 Å². The highest BCUT2D eigenvalue weighted by Crippen LogP contribution is 2.29. The highest BCUT2D eigenvalue weighted by molar-refractivity contribution is 5.78. The van der Waals surface area contributed by atoms with Crippen molar-refractivity contribution in [3.8, 4) is 0 Å². The first-order valence-electron chi connectivity index (χ1n) is 9.03. The summed E-state index contributed by atoms with van der Waals surface area (Å²) in [6, 6.07) is 11.0. The van der Waals surface area contributed by atoms with Crippen LogP contribution in [0, 0.1) is 12.8 Å². The molecule has 1 aromatic carbocycles. The van der Waals surface area contributed by atoms with Crippen molar-refractivity contribution in [2.45, 2.75) is 38.8 Å². The average Bonchev–Trinajstić information content (AvgIpc) is 2.83. The zero-order valence-corrected chi connectivity index (χ0v) is 14.6. The van der Waals surface area contributed by atoms with Crippen LogP contribution in [0.1, 0.15) is 29.8 Å². The highest BCUT2D eigenvalue weighted by Gasteiger charge is 2.36. The summed E-state index contributed by atoms with van der Waals surface area (Å²) in [4.78, 5) is 17.3. The van der Waals surface area contributed by atoms with Crippen molar-refractivity contribution in [3.63, 3.8) is 0 Å². The minimum atomic E-state index is 0.136. The van der Waals surface area contributed by atoms with Crippen LogP contribution in [0.15, 0.2) is 35.0 Å². The summed E-state index contributed by atoms with van der Waals surface area (Å²) >= 11 is 0. The van der Waals surface area contributed by atoms with E-state index in [0.717, 1.165) is 26.2 Å². The molecule has 0 saturated carbocycles. The van der Waals surface area contributed by atoms with Crippen molar-refractivity contribution < 1.29 is 9.42 Å². The van der Waals surface area contributed by atoms with Gasteiger partial charge in [0.2, 0.25) is 5.91 Å². The minimum absolute atomic E-state index is 0.136. The van der Waals surface area contributed by atoms with Crippen molar-refractivity contribution in [1.29, 1.82) is 0 Å². The molecule has 0 spiro atoms. The fraction of sp³-hybridized carbons (Fsp3) is 0.526. The van der Waals surface area contributed by atoms with E-state index >= 15 is 0 Å². The van der Waals surface area contributed by atoms with Gasteiger partial charge in [0.25, 0.3) is 0 Å². The van der Waals surface area contributed by atoms with Crippen LogP contribution in [0.5, 0.6) is 0 Å². The largest absolute Gasteiger partial charge is 0.340 e. The minimum Gasteiger partial charge on any atom is -0.340 e. The zero-order chi connectivity index (χ0) is 17.2. The Morgan fingerprint density at radius 3 is 2.76 bits per heavy atom. The van der Waals surface area contributed by atoms with Crippen molar-refractivity contribution in [2.75, 3.05) is 19.6 Å². The Bertz CT molecular complexity index is 730. The van der Waals surface area contributed by atoms with Crippen LogP contribution >= 0.6 is 0 Å². The lowest BCUT2D eigenvalue weighted by molar-refractivity contribution is -0.131. The van der Waals surface area contributed by atoms with E-state index in [4.69, 9.17) is 4.63 Å². The number of aromatic nitrogens is 2. The first kappa shape index (κ1) is 16.3. The first-order valence-corrected chi connectivity index (χ1v) is 9.03. The number of piperidine rings is 1. The topological polar surface area (TPSA) is 62.5 Å². The fourth-order valence-electron chi connectivity index (χ4n) is 4.06. The molecule has 2 aromatic rings. The van der Waals surface area contributed by atoms with E-state index < -0.39 is 0 Å². The van der Waals surface area contributed by atoms with Crippen molar-refractivity contribution in [2.24, 2.45) is 5.92 Å². The first-order chi connectivity index (χ1) is 12.2. The van der Waals surface area contributed by atoms with Crippen LogP contribution in [-0.2, 0) is 17.8 Å². The van der Waals surface area contributed by atoms with Gasteiger partial charge in [0.15, 0.2) is 0 Å². The molecular formula is C19H24N4O2. The van der Waals surface area contributed by atoms with E-state index in [0.29, 0.717) is 23.3 Å². The third-order valence-electron chi connectivity index (χ3n) is 5.47. The molecular weight excluding hydrogens is 316 g/mol. The molecule has 2 bridgehead atoms. The van der Waals surface area contributed by atoms with Crippen LogP contribution in [0.2, 0.25) is 0 Å². The number of carbonyl (C=O) groups is 1. The molecule has 0 radical (unpaired) electrons. The number of nitrogens with zero attached hydrogens (tertiary/aromatic N) is 4. The molecule has 4 heterocycles. The molecule has 3 saturated heterocycles. The van der Waals surface area contributed by atoms with E-state index in [1.165, 1.54) is 18.4 Å². The maximum atomic E-state index is 12.8. The van der Waals surface area contributed by atoms with Crippen molar-refractivity contribution in [1.82, 2.24) is 20.1 Å². The number of hydrogen-bond acceptors (Lipinski definition) is 5. The molecule has 0 aliphatic carbocycles. The van der Waals surface area contributed by atoms with Gasteiger partial charge in [-0.05, 0) is 31.2 Å². The highest BCUT2D eigenvalue weighted by atomic mass is 16.6. The Kier molecular flexibility index (Phi) is 4.53. The van der Waals surface area contributed by atoms with Gasteiger partial charge in [-0.25, -0.2) is 4.63 Å². The van der Waals surface area contributed by atoms with Crippen molar-refractivity contribution in [3.05, 3.63) is 47.3 Å². The second kappa shape index (κ2) is 6.96. The number of carbonyl (C=O) groups excluding carboxylic acids is 1. The van der Waals surface area contributed by atoms with Gasteiger partial charge in [-0.2, -0.15) is 0 Å². The van der Waals surface area contributed by atoms with Crippen molar-refractivity contribution >= 4 is 5.91 Å². The van der Waals surface area contributed by atoms with Crippen LogP contribution in [-0.4, -0.2) is 51.7 Å². The van der Waals surface area contributed by atoms with Gasteiger partial charge >= 0.3 is 0 Å². The van der Waals surface area contributed by atoms with Crippen LogP contribution in [0.3, 0.4) is 0 Å². The van der Waals surface area contributed by atoms with Gasteiger partial charge in [0.05, 0.1) is 6.42 Å². The molecule has 3 aliphatic heterocycles. The van der Waals surface area contributed by atoms with Gasteiger partial charge < -0.3 is 4.90 Å². The average molecular weight is 340 g/mol. The van der Waals surface area contributed by atoms with Gasteiger partial charge in [-0.3, -0.25) is 9.69 Å². The molecule has 5 rings (SSSR count). The van der Waals surface area contributed by atoms with Gasteiger partial charge in [0, 0.05) is 32.2 Å². The Balaban J connectivity index is 1.44. The zero-order valence-electron chi connectivity index (χ0n) is 14.6.